The minimum Gasteiger partial charge on any atom is -0.497 e. The van der Waals surface area contributed by atoms with E-state index in [1.54, 1.807) is 7.11 Å². The van der Waals surface area contributed by atoms with Crippen LogP contribution in [0.2, 0.25) is 0 Å². The van der Waals surface area contributed by atoms with Gasteiger partial charge in [0.25, 0.3) is 0 Å². The van der Waals surface area contributed by atoms with Crippen molar-refractivity contribution in [2.75, 3.05) is 33.3 Å². The zero-order chi connectivity index (χ0) is 14.7. The van der Waals surface area contributed by atoms with Crippen molar-refractivity contribution in [2.45, 2.75) is 25.7 Å². The third-order valence-corrected chi connectivity index (χ3v) is 4.44. The number of ether oxygens (including phenoxy) is 1. The molecule has 0 aromatic heterocycles. The molecular weight excluding hydrogens is 264 g/mol. The van der Waals surface area contributed by atoms with E-state index in [0.717, 1.165) is 37.4 Å². The maximum Gasteiger partial charge on any atom is 0.247 e. The van der Waals surface area contributed by atoms with Gasteiger partial charge in [0.15, 0.2) is 0 Å². The molecule has 0 radical (unpaired) electrons. The number of carbonyl (C=O) groups excluding carboxylic acids is 1. The Morgan fingerprint density at radius 3 is 2.76 bits per heavy atom. The van der Waals surface area contributed by atoms with Crippen molar-refractivity contribution in [3.05, 3.63) is 29.8 Å². The van der Waals surface area contributed by atoms with Gasteiger partial charge in [-0.3, -0.25) is 14.3 Å². The fourth-order valence-corrected chi connectivity index (χ4v) is 3.23. The Balaban J connectivity index is 1.72. The number of carbonyl (C=O) groups is 1. The Morgan fingerprint density at radius 1 is 1.19 bits per heavy atom. The minimum atomic E-state index is 0.191. The Morgan fingerprint density at radius 2 is 2.00 bits per heavy atom. The smallest absolute Gasteiger partial charge is 0.247 e. The van der Waals surface area contributed by atoms with Crippen LogP contribution >= 0.6 is 0 Å². The van der Waals surface area contributed by atoms with Gasteiger partial charge in [0.2, 0.25) is 11.6 Å². The third kappa shape index (κ3) is 3.09. The molecule has 0 bridgehead atoms. The molecule has 0 unspecified atom stereocenters. The number of fused-ring (bicyclic) bond motifs is 1. The van der Waals surface area contributed by atoms with E-state index in [-0.39, 0.29) is 5.78 Å². The molecule has 0 aliphatic carbocycles. The first-order valence-electron chi connectivity index (χ1n) is 7.81. The number of benzene rings is 1. The van der Waals surface area contributed by atoms with Crippen molar-refractivity contribution in [1.82, 2.24) is 4.90 Å². The Labute approximate surface area is 126 Å². The number of amidine groups is 1. The molecule has 4 nitrogen and oxygen atoms in total. The highest BCUT2D eigenvalue weighted by Gasteiger charge is 2.32. The lowest BCUT2D eigenvalue weighted by Crippen LogP contribution is -2.30. The summed E-state index contributed by atoms with van der Waals surface area (Å²) in [7, 11) is 1.64. The van der Waals surface area contributed by atoms with E-state index >= 15 is 0 Å². The summed E-state index contributed by atoms with van der Waals surface area (Å²) in [6.45, 7) is 3.71. The van der Waals surface area contributed by atoms with Crippen LogP contribution in [0.25, 0.3) is 0 Å². The van der Waals surface area contributed by atoms with E-state index in [2.05, 4.69) is 9.48 Å². The van der Waals surface area contributed by atoms with Crippen LogP contribution in [0, 0.1) is 0 Å². The fraction of sp³-hybridized carbons (Fsp3) is 0.529. The molecule has 0 atom stereocenters. The molecule has 1 fully saturated rings. The zero-order valence-corrected chi connectivity index (χ0v) is 12.7. The molecule has 1 aromatic rings. The number of rotatable bonds is 4. The molecule has 4 heteroatoms. The van der Waals surface area contributed by atoms with Gasteiger partial charge in [0.05, 0.1) is 13.7 Å². The molecule has 1 aromatic carbocycles. The predicted octanol–water partition coefficient (Wildman–Crippen LogP) is 2.18. The fourth-order valence-electron chi connectivity index (χ4n) is 3.23. The summed E-state index contributed by atoms with van der Waals surface area (Å²) in [6.07, 6.45) is 4.96. The van der Waals surface area contributed by atoms with Crippen LogP contribution in [-0.2, 0) is 0 Å². The van der Waals surface area contributed by atoms with Gasteiger partial charge in [-0.05, 0) is 43.5 Å². The Bertz CT molecular complexity index is 548. The molecule has 3 rings (SSSR count). The standard InChI is InChI=1S/C17H23N2O2/c1-21-15-8-6-14(7-9-15)16(20)13-19-12-11-18-10-4-2-3-5-17(18)19/h6-9H,2-5,10-13H2,1H3/q+1. The molecule has 2 aliphatic rings. The van der Waals surface area contributed by atoms with Gasteiger partial charge >= 0.3 is 0 Å². The maximum atomic E-state index is 12.4. The molecule has 0 spiro atoms. The summed E-state index contributed by atoms with van der Waals surface area (Å²) in [5.41, 5.74) is 0.767. The second-order valence-corrected chi connectivity index (χ2v) is 5.79. The molecular formula is C17H23N2O2+. The van der Waals surface area contributed by atoms with Crippen LogP contribution in [0.4, 0.5) is 0 Å². The maximum absolute atomic E-state index is 12.4. The van der Waals surface area contributed by atoms with Gasteiger partial charge in [0.1, 0.15) is 25.4 Å². The lowest BCUT2D eigenvalue weighted by molar-refractivity contribution is -0.505. The zero-order valence-electron chi connectivity index (χ0n) is 12.7. The molecule has 112 valence electrons. The van der Waals surface area contributed by atoms with Crippen molar-refractivity contribution in [2.24, 2.45) is 0 Å². The van der Waals surface area contributed by atoms with E-state index in [1.165, 1.54) is 25.1 Å². The van der Waals surface area contributed by atoms with Gasteiger partial charge in [-0.15, -0.1) is 0 Å². The van der Waals surface area contributed by atoms with Crippen LogP contribution in [0.3, 0.4) is 0 Å². The minimum absolute atomic E-state index is 0.191. The molecule has 0 N–H and O–H groups in total. The molecule has 0 amide bonds. The average molecular weight is 287 g/mol. The van der Waals surface area contributed by atoms with Gasteiger partial charge < -0.3 is 4.74 Å². The highest BCUT2D eigenvalue weighted by Crippen LogP contribution is 2.17. The first kappa shape index (κ1) is 14.1. The molecule has 2 aliphatic heterocycles. The number of hydrogen-bond acceptors (Lipinski definition) is 3. The van der Waals surface area contributed by atoms with Crippen molar-refractivity contribution in [3.63, 3.8) is 0 Å². The van der Waals surface area contributed by atoms with Crippen molar-refractivity contribution in [3.8, 4) is 5.75 Å². The van der Waals surface area contributed by atoms with Crippen molar-refractivity contribution >= 4 is 11.6 Å². The summed E-state index contributed by atoms with van der Waals surface area (Å²) in [4.78, 5) is 14.9. The van der Waals surface area contributed by atoms with Crippen molar-refractivity contribution < 1.29 is 14.1 Å². The Kier molecular flexibility index (Phi) is 4.23. The van der Waals surface area contributed by atoms with Gasteiger partial charge in [0, 0.05) is 12.0 Å². The van der Waals surface area contributed by atoms with Crippen LogP contribution in [0.15, 0.2) is 24.3 Å². The largest absolute Gasteiger partial charge is 0.497 e. The normalized spacial score (nSPS) is 18.4. The SMILES string of the molecule is COc1ccc(C(=O)C[N+]2=C3CCCCCN3CC2)cc1. The molecule has 1 saturated heterocycles. The number of hydrogen-bond donors (Lipinski definition) is 0. The van der Waals surface area contributed by atoms with E-state index in [0.29, 0.717) is 6.54 Å². The lowest BCUT2D eigenvalue weighted by atomic mass is 10.1. The number of methoxy groups -OCH3 is 1. The summed E-state index contributed by atoms with van der Waals surface area (Å²) < 4.78 is 7.41. The average Bonchev–Trinajstić information content (AvgIpc) is 2.75. The second-order valence-electron chi connectivity index (χ2n) is 5.79. The van der Waals surface area contributed by atoms with Gasteiger partial charge in [-0.1, -0.05) is 0 Å². The molecule has 0 saturated carbocycles. The van der Waals surface area contributed by atoms with E-state index in [9.17, 15) is 4.79 Å². The summed E-state index contributed by atoms with van der Waals surface area (Å²) in [6, 6.07) is 7.41. The first-order chi connectivity index (χ1) is 10.3. The van der Waals surface area contributed by atoms with Crippen molar-refractivity contribution in [1.29, 1.82) is 0 Å². The van der Waals surface area contributed by atoms with Crippen LogP contribution < -0.4 is 4.74 Å². The van der Waals surface area contributed by atoms with Crippen LogP contribution in [0.1, 0.15) is 36.0 Å². The van der Waals surface area contributed by atoms with Gasteiger partial charge in [-0.2, -0.15) is 0 Å². The summed E-state index contributed by atoms with van der Waals surface area (Å²) in [5, 5.41) is 0. The quantitative estimate of drug-likeness (QED) is 0.628. The van der Waals surface area contributed by atoms with Crippen LogP contribution in [0.5, 0.6) is 5.75 Å². The monoisotopic (exact) mass is 287 g/mol. The highest BCUT2D eigenvalue weighted by atomic mass is 16.5. The number of nitrogens with zero attached hydrogens (tertiary/aromatic N) is 2. The third-order valence-electron chi connectivity index (χ3n) is 4.44. The summed E-state index contributed by atoms with van der Waals surface area (Å²) in [5.74, 6) is 2.36. The Hall–Kier alpha value is -1.84. The van der Waals surface area contributed by atoms with Gasteiger partial charge in [-0.25, -0.2) is 0 Å². The van der Waals surface area contributed by atoms with E-state index in [4.69, 9.17) is 4.74 Å². The lowest BCUT2D eigenvalue weighted by Gasteiger charge is -2.09. The predicted molar refractivity (Wildman–Crippen MR) is 82.4 cm³/mol. The number of ketones is 1. The summed E-state index contributed by atoms with van der Waals surface area (Å²) >= 11 is 0. The van der Waals surface area contributed by atoms with E-state index in [1.807, 2.05) is 24.3 Å². The first-order valence-corrected chi connectivity index (χ1v) is 7.81. The number of Topliss-reactive ketones (excluding diaryl/α,β-unsaturated/α-hetero) is 1. The second kappa shape index (κ2) is 6.29. The molecule has 2 heterocycles. The van der Waals surface area contributed by atoms with E-state index < -0.39 is 0 Å². The van der Waals surface area contributed by atoms with Crippen LogP contribution in [-0.4, -0.2) is 54.4 Å². The highest BCUT2D eigenvalue weighted by molar-refractivity contribution is 5.97. The molecule has 21 heavy (non-hydrogen) atoms. The topological polar surface area (TPSA) is 32.6 Å².